The van der Waals surface area contributed by atoms with Crippen LogP contribution in [0.5, 0.6) is 0 Å². The number of aryl methyl sites for hydroxylation is 1. The number of hydrogen-bond acceptors (Lipinski definition) is 2. The van der Waals surface area contributed by atoms with Gasteiger partial charge in [-0.15, -0.1) is 0 Å². The minimum Gasteiger partial charge on any atom is -0.233 e. The van der Waals surface area contributed by atoms with Crippen LogP contribution in [0.25, 0.3) is 16.9 Å². The summed E-state index contributed by atoms with van der Waals surface area (Å²) < 4.78 is 1.62. The Labute approximate surface area is 120 Å². The molecule has 0 bridgehead atoms. The Kier molecular flexibility index (Phi) is 3.17. The number of hydrogen-bond donors (Lipinski definition) is 0. The standard InChI is InChI=1S/C14H11Cl2N3/c1-2-9-7-13(16)19-14(17-9)8-12(18-19)10-5-3-4-6-11(10)15/h3-8H,2H2,1H3. The fourth-order valence-electron chi connectivity index (χ4n) is 1.97. The monoisotopic (exact) mass is 291 g/mol. The summed E-state index contributed by atoms with van der Waals surface area (Å²) in [5, 5.41) is 5.68. The molecule has 2 heterocycles. The normalized spacial score (nSPS) is 11.1. The molecule has 3 nitrogen and oxygen atoms in total. The molecule has 0 amide bonds. The molecule has 19 heavy (non-hydrogen) atoms. The third-order valence-electron chi connectivity index (χ3n) is 2.95. The topological polar surface area (TPSA) is 30.2 Å². The molecule has 5 heteroatoms. The van der Waals surface area contributed by atoms with Crippen molar-refractivity contribution in [1.82, 2.24) is 14.6 Å². The predicted octanol–water partition coefficient (Wildman–Crippen LogP) is 4.27. The molecule has 0 aliphatic rings. The SMILES string of the molecule is CCc1cc(Cl)n2nc(-c3ccccc3Cl)cc2n1. The van der Waals surface area contributed by atoms with Crippen molar-refractivity contribution in [2.24, 2.45) is 0 Å². The van der Waals surface area contributed by atoms with Crippen LogP contribution in [0, 0.1) is 0 Å². The first-order valence-corrected chi connectivity index (χ1v) is 6.74. The summed E-state index contributed by atoms with van der Waals surface area (Å²) in [5.74, 6) is 0. The van der Waals surface area contributed by atoms with E-state index in [9.17, 15) is 0 Å². The Hall–Kier alpha value is -1.58. The molecular weight excluding hydrogens is 281 g/mol. The van der Waals surface area contributed by atoms with Crippen LogP contribution >= 0.6 is 23.2 Å². The zero-order valence-corrected chi connectivity index (χ0v) is 11.8. The maximum absolute atomic E-state index is 6.21. The van der Waals surface area contributed by atoms with E-state index < -0.39 is 0 Å². The average Bonchev–Trinajstić information content (AvgIpc) is 2.83. The lowest BCUT2D eigenvalue weighted by Gasteiger charge is -2.00. The number of benzene rings is 1. The summed E-state index contributed by atoms with van der Waals surface area (Å²) in [4.78, 5) is 4.50. The van der Waals surface area contributed by atoms with Crippen molar-refractivity contribution in [3.8, 4) is 11.3 Å². The van der Waals surface area contributed by atoms with Gasteiger partial charge >= 0.3 is 0 Å². The molecule has 0 unspecified atom stereocenters. The van der Waals surface area contributed by atoms with Gasteiger partial charge in [-0.2, -0.15) is 5.10 Å². The van der Waals surface area contributed by atoms with Crippen LogP contribution in [0.4, 0.5) is 0 Å². The molecule has 0 aliphatic carbocycles. The molecule has 3 rings (SSSR count). The molecule has 0 radical (unpaired) electrons. The number of aromatic nitrogens is 3. The van der Waals surface area contributed by atoms with Gasteiger partial charge in [0.05, 0.1) is 10.7 Å². The van der Waals surface area contributed by atoms with Crippen LogP contribution in [0.3, 0.4) is 0 Å². The fraction of sp³-hybridized carbons (Fsp3) is 0.143. The second-order valence-electron chi connectivity index (χ2n) is 4.20. The second-order valence-corrected chi connectivity index (χ2v) is 5.00. The van der Waals surface area contributed by atoms with E-state index in [0.717, 1.165) is 29.0 Å². The van der Waals surface area contributed by atoms with Gasteiger partial charge in [0.2, 0.25) is 0 Å². The van der Waals surface area contributed by atoms with Crippen LogP contribution in [0.1, 0.15) is 12.6 Å². The molecule has 0 N–H and O–H groups in total. The minimum absolute atomic E-state index is 0.556. The maximum Gasteiger partial charge on any atom is 0.157 e. The van der Waals surface area contributed by atoms with E-state index in [1.165, 1.54) is 0 Å². The smallest absolute Gasteiger partial charge is 0.157 e. The summed E-state index contributed by atoms with van der Waals surface area (Å²) in [7, 11) is 0. The van der Waals surface area contributed by atoms with Crippen molar-refractivity contribution in [3.63, 3.8) is 0 Å². The van der Waals surface area contributed by atoms with Crippen LogP contribution in [0.15, 0.2) is 36.4 Å². The predicted molar refractivity (Wildman–Crippen MR) is 77.8 cm³/mol. The number of halogens is 2. The Bertz CT molecular complexity index is 750. The molecule has 0 aliphatic heterocycles. The first-order chi connectivity index (χ1) is 9.19. The lowest BCUT2D eigenvalue weighted by atomic mass is 10.1. The third-order valence-corrected chi connectivity index (χ3v) is 3.55. The van der Waals surface area contributed by atoms with Crippen molar-refractivity contribution in [1.29, 1.82) is 0 Å². The first kappa shape index (κ1) is 12.5. The van der Waals surface area contributed by atoms with E-state index in [0.29, 0.717) is 10.2 Å². The minimum atomic E-state index is 0.556. The Morgan fingerprint density at radius 3 is 2.68 bits per heavy atom. The summed E-state index contributed by atoms with van der Waals surface area (Å²) >= 11 is 12.4. The molecule has 1 aromatic carbocycles. The highest BCUT2D eigenvalue weighted by Gasteiger charge is 2.11. The van der Waals surface area contributed by atoms with Gasteiger partial charge in [0.1, 0.15) is 5.15 Å². The number of nitrogens with zero attached hydrogens (tertiary/aromatic N) is 3. The molecule has 96 valence electrons. The van der Waals surface area contributed by atoms with Crippen LogP contribution in [-0.2, 0) is 6.42 Å². The van der Waals surface area contributed by atoms with E-state index in [1.807, 2.05) is 43.3 Å². The highest BCUT2D eigenvalue weighted by Crippen LogP contribution is 2.28. The lowest BCUT2D eigenvalue weighted by molar-refractivity contribution is 0.916. The first-order valence-electron chi connectivity index (χ1n) is 5.99. The van der Waals surface area contributed by atoms with Gasteiger partial charge in [-0.3, -0.25) is 0 Å². The zero-order chi connectivity index (χ0) is 13.4. The molecule has 2 aromatic heterocycles. The molecule has 0 atom stereocenters. The lowest BCUT2D eigenvalue weighted by Crippen LogP contribution is -1.96. The fourth-order valence-corrected chi connectivity index (χ4v) is 2.45. The Morgan fingerprint density at radius 1 is 1.16 bits per heavy atom. The second kappa shape index (κ2) is 4.83. The van der Waals surface area contributed by atoms with Crippen molar-refractivity contribution >= 4 is 28.8 Å². The molecular formula is C14H11Cl2N3. The summed E-state index contributed by atoms with van der Waals surface area (Å²) in [5.41, 5.74) is 3.33. The number of fused-ring (bicyclic) bond motifs is 1. The largest absolute Gasteiger partial charge is 0.233 e. The van der Waals surface area contributed by atoms with Gasteiger partial charge < -0.3 is 0 Å². The van der Waals surface area contributed by atoms with E-state index >= 15 is 0 Å². The highest BCUT2D eigenvalue weighted by atomic mass is 35.5. The van der Waals surface area contributed by atoms with Gasteiger partial charge in [-0.25, -0.2) is 9.50 Å². The van der Waals surface area contributed by atoms with Gasteiger partial charge in [-0.1, -0.05) is 48.3 Å². The van der Waals surface area contributed by atoms with Crippen LogP contribution in [-0.4, -0.2) is 14.6 Å². The van der Waals surface area contributed by atoms with Crippen molar-refractivity contribution < 1.29 is 0 Å². The summed E-state index contributed by atoms with van der Waals surface area (Å²) in [6.45, 7) is 2.04. The quantitative estimate of drug-likeness (QED) is 0.660. The molecule has 3 aromatic rings. The van der Waals surface area contributed by atoms with Gasteiger partial charge in [0.25, 0.3) is 0 Å². The van der Waals surface area contributed by atoms with E-state index in [1.54, 1.807) is 4.52 Å². The number of rotatable bonds is 2. The van der Waals surface area contributed by atoms with Gasteiger partial charge in [-0.05, 0) is 18.6 Å². The third kappa shape index (κ3) is 2.20. The van der Waals surface area contributed by atoms with E-state index in [2.05, 4.69) is 10.1 Å². The summed E-state index contributed by atoms with van der Waals surface area (Å²) in [6.07, 6.45) is 0.836. The Balaban J connectivity index is 2.22. The molecule has 0 fully saturated rings. The van der Waals surface area contributed by atoms with Crippen molar-refractivity contribution in [2.75, 3.05) is 0 Å². The van der Waals surface area contributed by atoms with Crippen molar-refractivity contribution in [3.05, 3.63) is 52.3 Å². The molecule has 0 spiro atoms. The maximum atomic E-state index is 6.21. The summed E-state index contributed by atoms with van der Waals surface area (Å²) in [6, 6.07) is 11.3. The Morgan fingerprint density at radius 2 is 1.95 bits per heavy atom. The van der Waals surface area contributed by atoms with Crippen LogP contribution < -0.4 is 0 Å². The van der Waals surface area contributed by atoms with E-state index in [4.69, 9.17) is 23.2 Å². The van der Waals surface area contributed by atoms with E-state index in [-0.39, 0.29) is 0 Å². The van der Waals surface area contributed by atoms with Crippen LogP contribution in [0.2, 0.25) is 10.2 Å². The average molecular weight is 292 g/mol. The van der Waals surface area contributed by atoms with Gasteiger partial charge in [0, 0.05) is 17.3 Å². The van der Waals surface area contributed by atoms with Gasteiger partial charge in [0.15, 0.2) is 5.65 Å². The van der Waals surface area contributed by atoms with Crippen molar-refractivity contribution in [2.45, 2.75) is 13.3 Å². The molecule has 0 saturated carbocycles. The zero-order valence-electron chi connectivity index (χ0n) is 10.3. The highest BCUT2D eigenvalue weighted by molar-refractivity contribution is 6.33. The molecule has 0 saturated heterocycles.